The molecule has 124 valence electrons. The molecule has 9 heteroatoms. The van der Waals surface area contributed by atoms with Crippen molar-refractivity contribution in [2.75, 3.05) is 20.6 Å². The van der Waals surface area contributed by atoms with Crippen LogP contribution in [-0.2, 0) is 20.1 Å². The number of aryl methyl sites for hydroxylation is 1. The van der Waals surface area contributed by atoms with Crippen LogP contribution in [-0.4, -0.2) is 50.8 Å². The minimum atomic E-state index is -0.455. The maximum absolute atomic E-state index is 10.6. The lowest BCUT2D eigenvalue weighted by molar-refractivity contribution is -0.385. The summed E-state index contributed by atoms with van der Waals surface area (Å²) in [5.41, 5.74) is 1.17. The second kappa shape index (κ2) is 7.43. The number of hydrogen-bond acceptors (Lipinski definition) is 4. The predicted octanol–water partition coefficient (Wildman–Crippen LogP) is 0.837. The monoisotopic (exact) mass is 319 g/mol. The summed E-state index contributed by atoms with van der Waals surface area (Å²) in [6.07, 6.45) is 4.67. The summed E-state index contributed by atoms with van der Waals surface area (Å²) in [6, 6.07) is 4.07. The van der Waals surface area contributed by atoms with Gasteiger partial charge in [0.25, 0.3) is 0 Å². The SMILES string of the molecule is CN=C(NCCn1cc([N+](=O)[O-])cn1)N(C)Cc1cccn1C. The van der Waals surface area contributed by atoms with Crippen molar-refractivity contribution < 1.29 is 4.92 Å². The summed E-state index contributed by atoms with van der Waals surface area (Å²) in [5.74, 6) is 0.757. The minimum Gasteiger partial charge on any atom is -0.354 e. The van der Waals surface area contributed by atoms with Gasteiger partial charge in [-0.15, -0.1) is 0 Å². The number of aliphatic imine (C=N–C) groups is 1. The molecule has 0 saturated heterocycles. The normalized spacial score (nSPS) is 11.5. The Bertz CT molecular complexity index is 689. The van der Waals surface area contributed by atoms with Crippen LogP contribution in [0.25, 0.3) is 0 Å². The highest BCUT2D eigenvalue weighted by molar-refractivity contribution is 5.79. The van der Waals surface area contributed by atoms with Crippen molar-refractivity contribution >= 4 is 11.6 Å². The fourth-order valence-electron chi connectivity index (χ4n) is 2.21. The van der Waals surface area contributed by atoms with E-state index in [9.17, 15) is 10.1 Å². The highest BCUT2D eigenvalue weighted by atomic mass is 16.6. The number of nitro groups is 1. The van der Waals surface area contributed by atoms with Crippen molar-refractivity contribution in [1.29, 1.82) is 0 Å². The van der Waals surface area contributed by atoms with E-state index in [0.29, 0.717) is 13.1 Å². The third kappa shape index (κ3) is 4.31. The first-order chi connectivity index (χ1) is 11.0. The van der Waals surface area contributed by atoms with Crippen LogP contribution in [0.3, 0.4) is 0 Å². The molecule has 2 heterocycles. The Morgan fingerprint density at radius 2 is 2.35 bits per heavy atom. The second-order valence-corrected chi connectivity index (χ2v) is 5.16. The van der Waals surface area contributed by atoms with Crippen LogP contribution in [0.5, 0.6) is 0 Å². The molecule has 2 aromatic rings. The lowest BCUT2D eigenvalue weighted by atomic mass is 10.4. The van der Waals surface area contributed by atoms with Gasteiger partial charge < -0.3 is 14.8 Å². The molecule has 0 unspecified atom stereocenters. The maximum Gasteiger partial charge on any atom is 0.306 e. The van der Waals surface area contributed by atoms with Crippen molar-refractivity contribution in [3.8, 4) is 0 Å². The molecule has 1 N–H and O–H groups in total. The molecule has 0 radical (unpaired) electrons. The molecule has 0 spiro atoms. The Labute approximate surface area is 134 Å². The molecule has 0 aromatic carbocycles. The van der Waals surface area contributed by atoms with Gasteiger partial charge in [-0.1, -0.05) is 0 Å². The quantitative estimate of drug-likeness (QED) is 0.368. The Morgan fingerprint density at radius 3 is 2.91 bits per heavy atom. The number of guanidine groups is 1. The average molecular weight is 319 g/mol. The number of aromatic nitrogens is 3. The van der Waals surface area contributed by atoms with E-state index in [1.165, 1.54) is 22.8 Å². The van der Waals surface area contributed by atoms with E-state index < -0.39 is 4.92 Å². The van der Waals surface area contributed by atoms with Crippen molar-refractivity contribution in [1.82, 2.24) is 24.6 Å². The van der Waals surface area contributed by atoms with Gasteiger partial charge in [0.1, 0.15) is 12.4 Å². The van der Waals surface area contributed by atoms with E-state index in [1.54, 1.807) is 7.05 Å². The molecule has 0 atom stereocenters. The summed E-state index contributed by atoms with van der Waals surface area (Å²) in [7, 11) is 5.69. The lowest BCUT2D eigenvalue weighted by Crippen LogP contribution is -2.40. The number of nitrogens with one attached hydrogen (secondary N) is 1. The average Bonchev–Trinajstić information content (AvgIpc) is 3.13. The van der Waals surface area contributed by atoms with Gasteiger partial charge >= 0.3 is 5.69 Å². The standard InChI is InChI=1S/C14H21N7O2/c1-15-14(19(3)10-12-5-4-7-18(12)2)16-6-8-20-11-13(9-17-20)21(22)23/h4-5,7,9,11H,6,8,10H2,1-3H3,(H,15,16). The summed E-state index contributed by atoms with van der Waals surface area (Å²) >= 11 is 0. The summed E-state index contributed by atoms with van der Waals surface area (Å²) in [4.78, 5) is 16.4. The van der Waals surface area contributed by atoms with Gasteiger partial charge in [0.2, 0.25) is 0 Å². The molecule has 0 saturated carbocycles. The van der Waals surface area contributed by atoms with Gasteiger partial charge in [-0.05, 0) is 12.1 Å². The zero-order valence-corrected chi connectivity index (χ0v) is 13.5. The van der Waals surface area contributed by atoms with E-state index >= 15 is 0 Å². The summed E-state index contributed by atoms with van der Waals surface area (Å²) in [5, 5.41) is 17.8. The highest BCUT2D eigenvalue weighted by Crippen LogP contribution is 2.07. The van der Waals surface area contributed by atoms with Gasteiger partial charge in [-0.25, -0.2) is 0 Å². The van der Waals surface area contributed by atoms with Crippen LogP contribution < -0.4 is 5.32 Å². The molecule has 9 nitrogen and oxygen atoms in total. The van der Waals surface area contributed by atoms with Crippen LogP contribution >= 0.6 is 0 Å². The predicted molar refractivity (Wildman–Crippen MR) is 87.1 cm³/mol. The molecule has 0 amide bonds. The van der Waals surface area contributed by atoms with E-state index in [0.717, 1.165) is 12.5 Å². The van der Waals surface area contributed by atoms with Gasteiger partial charge in [-0.2, -0.15) is 5.10 Å². The van der Waals surface area contributed by atoms with Crippen molar-refractivity contribution in [2.45, 2.75) is 13.1 Å². The molecule has 2 rings (SSSR count). The van der Waals surface area contributed by atoms with Gasteiger partial charge in [0, 0.05) is 39.6 Å². The summed E-state index contributed by atoms with van der Waals surface area (Å²) in [6.45, 7) is 1.82. The Balaban J connectivity index is 1.84. The fourth-order valence-corrected chi connectivity index (χ4v) is 2.21. The first-order valence-corrected chi connectivity index (χ1v) is 7.20. The third-order valence-electron chi connectivity index (χ3n) is 3.48. The summed E-state index contributed by atoms with van der Waals surface area (Å²) < 4.78 is 3.60. The maximum atomic E-state index is 10.6. The zero-order valence-electron chi connectivity index (χ0n) is 13.5. The van der Waals surface area contributed by atoms with Crippen LogP contribution in [0, 0.1) is 10.1 Å². The van der Waals surface area contributed by atoms with Crippen LogP contribution in [0.1, 0.15) is 5.69 Å². The first kappa shape index (κ1) is 16.5. The Kier molecular flexibility index (Phi) is 5.34. The fraction of sp³-hybridized carbons (Fsp3) is 0.429. The largest absolute Gasteiger partial charge is 0.354 e. The molecule has 0 bridgehead atoms. The third-order valence-corrected chi connectivity index (χ3v) is 3.48. The molecule has 0 aliphatic carbocycles. The topological polar surface area (TPSA) is 93.5 Å². The van der Waals surface area contributed by atoms with Crippen LogP contribution in [0.2, 0.25) is 0 Å². The number of hydrogen-bond donors (Lipinski definition) is 1. The Hall–Kier alpha value is -2.84. The number of rotatable bonds is 6. The molecular weight excluding hydrogens is 298 g/mol. The van der Waals surface area contributed by atoms with E-state index in [2.05, 4.69) is 26.0 Å². The van der Waals surface area contributed by atoms with E-state index in [-0.39, 0.29) is 5.69 Å². The van der Waals surface area contributed by atoms with Gasteiger partial charge in [0.05, 0.1) is 18.0 Å². The van der Waals surface area contributed by atoms with Crippen LogP contribution in [0.15, 0.2) is 35.7 Å². The molecule has 2 aromatic heterocycles. The van der Waals surface area contributed by atoms with Crippen molar-refractivity contribution in [3.05, 3.63) is 46.5 Å². The van der Waals surface area contributed by atoms with E-state index in [1.807, 2.05) is 31.3 Å². The van der Waals surface area contributed by atoms with Crippen LogP contribution in [0.4, 0.5) is 5.69 Å². The zero-order chi connectivity index (χ0) is 16.8. The van der Waals surface area contributed by atoms with Crippen molar-refractivity contribution in [2.24, 2.45) is 12.0 Å². The molecule has 0 aliphatic heterocycles. The minimum absolute atomic E-state index is 0.00444. The number of nitrogens with zero attached hydrogens (tertiary/aromatic N) is 6. The van der Waals surface area contributed by atoms with Gasteiger partial charge in [0.15, 0.2) is 5.96 Å². The van der Waals surface area contributed by atoms with Crippen molar-refractivity contribution in [3.63, 3.8) is 0 Å². The molecule has 23 heavy (non-hydrogen) atoms. The van der Waals surface area contributed by atoms with Gasteiger partial charge in [-0.3, -0.25) is 19.8 Å². The first-order valence-electron chi connectivity index (χ1n) is 7.20. The molecule has 0 fully saturated rings. The highest BCUT2D eigenvalue weighted by Gasteiger charge is 2.10. The molecular formula is C14H21N7O2. The molecule has 0 aliphatic rings. The lowest BCUT2D eigenvalue weighted by Gasteiger charge is -2.22. The Morgan fingerprint density at radius 1 is 1.57 bits per heavy atom. The smallest absolute Gasteiger partial charge is 0.306 e. The second-order valence-electron chi connectivity index (χ2n) is 5.16. The van der Waals surface area contributed by atoms with E-state index in [4.69, 9.17) is 0 Å².